The Labute approximate surface area is 180 Å². The van der Waals surface area contributed by atoms with Crippen LogP contribution in [0, 0.1) is 10.1 Å². The number of para-hydroxylation sites is 3. The molecule has 0 aliphatic carbocycles. The Morgan fingerprint density at radius 3 is 2.55 bits per heavy atom. The fraction of sp³-hybridized carbons (Fsp3) is 0.200. The maximum absolute atomic E-state index is 11.3. The first-order valence-corrected chi connectivity index (χ1v) is 10.1. The molecule has 156 valence electrons. The standard InChI is InChI=1S/C25H22N2O4/c1-24(2)19-8-4-5-9-20(19)26(3)25(24)15-14-17-16-18(12-13-22(17)31-25)30-23-11-7-6-10-21(23)27(28)29/h4-16H,1-3H3. The summed E-state index contributed by atoms with van der Waals surface area (Å²) >= 11 is 0. The van der Waals surface area contributed by atoms with Crippen LogP contribution in [0.15, 0.2) is 72.8 Å². The first-order valence-electron chi connectivity index (χ1n) is 10.1. The summed E-state index contributed by atoms with van der Waals surface area (Å²) in [5.41, 5.74) is 2.26. The molecule has 2 aliphatic heterocycles. The Balaban J connectivity index is 1.49. The lowest BCUT2D eigenvalue weighted by Crippen LogP contribution is -2.58. The predicted octanol–water partition coefficient (Wildman–Crippen LogP) is 5.92. The van der Waals surface area contributed by atoms with Gasteiger partial charge < -0.3 is 14.4 Å². The molecule has 1 atom stereocenters. The number of benzene rings is 3. The summed E-state index contributed by atoms with van der Waals surface area (Å²) in [6, 6.07) is 20.2. The summed E-state index contributed by atoms with van der Waals surface area (Å²) in [6.07, 6.45) is 4.12. The Morgan fingerprint density at radius 2 is 1.77 bits per heavy atom. The zero-order valence-corrected chi connectivity index (χ0v) is 17.5. The second-order valence-corrected chi connectivity index (χ2v) is 8.36. The number of fused-ring (bicyclic) bond motifs is 2. The average molecular weight is 414 g/mol. The number of nitro benzene ring substituents is 1. The van der Waals surface area contributed by atoms with Gasteiger partial charge in [0.2, 0.25) is 11.5 Å². The van der Waals surface area contributed by atoms with Crippen LogP contribution in [0.4, 0.5) is 11.4 Å². The third kappa shape index (κ3) is 2.71. The van der Waals surface area contributed by atoms with Gasteiger partial charge in [0, 0.05) is 24.4 Å². The van der Waals surface area contributed by atoms with Crippen molar-refractivity contribution >= 4 is 17.5 Å². The quantitative estimate of drug-likeness (QED) is 0.393. The van der Waals surface area contributed by atoms with Crippen LogP contribution < -0.4 is 14.4 Å². The lowest BCUT2D eigenvalue weighted by molar-refractivity contribution is -0.385. The van der Waals surface area contributed by atoms with Crippen molar-refractivity contribution in [1.29, 1.82) is 0 Å². The van der Waals surface area contributed by atoms with Crippen LogP contribution in [0.5, 0.6) is 17.2 Å². The number of hydrogen-bond donors (Lipinski definition) is 0. The van der Waals surface area contributed by atoms with E-state index in [0.717, 1.165) is 17.0 Å². The highest BCUT2D eigenvalue weighted by atomic mass is 16.6. The summed E-state index contributed by atoms with van der Waals surface area (Å²) in [6.45, 7) is 4.38. The van der Waals surface area contributed by atoms with E-state index in [9.17, 15) is 10.1 Å². The van der Waals surface area contributed by atoms with Gasteiger partial charge in [-0.15, -0.1) is 0 Å². The minimum absolute atomic E-state index is 0.0712. The Bertz CT molecular complexity index is 1230. The van der Waals surface area contributed by atoms with E-state index in [2.05, 4.69) is 50.1 Å². The monoisotopic (exact) mass is 414 g/mol. The predicted molar refractivity (Wildman–Crippen MR) is 120 cm³/mol. The van der Waals surface area contributed by atoms with Crippen LogP contribution >= 0.6 is 0 Å². The van der Waals surface area contributed by atoms with Crippen molar-refractivity contribution in [2.75, 3.05) is 11.9 Å². The van der Waals surface area contributed by atoms with Crippen LogP contribution in [0.3, 0.4) is 0 Å². The molecule has 0 saturated carbocycles. The number of anilines is 1. The lowest BCUT2D eigenvalue weighted by Gasteiger charge is -2.45. The molecule has 0 amide bonds. The summed E-state index contributed by atoms with van der Waals surface area (Å²) < 4.78 is 12.5. The van der Waals surface area contributed by atoms with E-state index in [4.69, 9.17) is 9.47 Å². The minimum Gasteiger partial charge on any atom is -0.463 e. The molecule has 0 aromatic heterocycles. The van der Waals surface area contributed by atoms with Gasteiger partial charge in [0.25, 0.3) is 0 Å². The van der Waals surface area contributed by atoms with Crippen molar-refractivity contribution in [3.05, 3.63) is 94.0 Å². The highest BCUT2D eigenvalue weighted by molar-refractivity contribution is 5.72. The van der Waals surface area contributed by atoms with Gasteiger partial charge in [0.15, 0.2) is 0 Å². The molecule has 2 aliphatic rings. The number of nitro groups is 1. The van der Waals surface area contributed by atoms with Crippen molar-refractivity contribution in [3.63, 3.8) is 0 Å². The molecule has 1 unspecified atom stereocenters. The van der Waals surface area contributed by atoms with E-state index in [1.807, 2.05) is 24.3 Å². The van der Waals surface area contributed by atoms with E-state index in [0.29, 0.717) is 5.75 Å². The SMILES string of the molecule is CN1c2ccccc2C(C)(C)C12C=Cc1cc(Oc3ccccc3[N+](=O)[O-])ccc1O2. The van der Waals surface area contributed by atoms with E-state index in [1.54, 1.807) is 24.3 Å². The van der Waals surface area contributed by atoms with Crippen molar-refractivity contribution in [2.45, 2.75) is 25.0 Å². The van der Waals surface area contributed by atoms with Gasteiger partial charge in [-0.25, -0.2) is 0 Å². The maximum Gasteiger partial charge on any atom is 0.311 e. The highest BCUT2D eigenvalue weighted by Crippen LogP contribution is 2.54. The van der Waals surface area contributed by atoms with E-state index in [1.165, 1.54) is 11.6 Å². The van der Waals surface area contributed by atoms with Crippen molar-refractivity contribution < 1.29 is 14.4 Å². The summed E-state index contributed by atoms with van der Waals surface area (Å²) in [4.78, 5) is 13.0. The first kappa shape index (κ1) is 19.2. The van der Waals surface area contributed by atoms with Crippen molar-refractivity contribution in [1.82, 2.24) is 0 Å². The fourth-order valence-electron chi connectivity index (χ4n) is 4.64. The van der Waals surface area contributed by atoms with Crippen LogP contribution in [0.2, 0.25) is 0 Å². The van der Waals surface area contributed by atoms with Gasteiger partial charge in [0.1, 0.15) is 11.5 Å². The molecule has 0 fully saturated rings. The molecule has 0 bridgehead atoms. The maximum atomic E-state index is 11.3. The van der Waals surface area contributed by atoms with Crippen LogP contribution in [-0.4, -0.2) is 17.7 Å². The molecule has 0 radical (unpaired) electrons. The molecule has 0 saturated heterocycles. The normalized spacial score (nSPS) is 20.2. The fourth-order valence-corrected chi connectivity index (χ4v) is 4.64. The third-order valence-corrected chi connectivity index (χ3v) is 6.36. The average Bonchev–Trinajstić information content (AvgIpc) is 2.93. The molecule has 0 N–H and O–H groups in total. The van der Waals surface area contributed by atoms with Crippen molar-refractivity contribution in [2.24, 2.45) is 0 Å². The number of rotatable bonds is 3. The molecular weight excluding hydrogens is 392 g/mol. The lowest BCUT2D eigenvalue weighted by atomic mass is 9.76. The molecule has 3 aromatic rings. The van der Waals surface area contributed by atoms with E-state index >= 15 is 0 Å². The van der Waals surface area contributed by atoms with Crippen LogP contribution in [-0.2, 0) is 5.41 Å². The number of ether oxygens (including phenoxy) is 2. The number of nitrogens with zero attached hydrogens (tertiary/aromatic N) is 2. The van der Waals surface area contributed by atoms with Gasteiger partial charge in [-0.1, -0.05) is 30.3 Å². The smallest absolute Gasteiger partial charge is 0.311 e. The molecule has 3 aromatic carbocycles. The minimum atomic E-state index is -0.649. The molecular formula is C25H22N2O4. The van der Waals surface area contributed by atoms with Crippen LogP contribution in [0.1, 0.15) is 25.0 Å². The molecule has 31 heavy (non-hydrogen) atoms. The van der Waals surface area contributed by atoms with Crippen LogP contribution in [0.25, 0.3) is 6.08 Å². The molecule has 6 heteroatoms. The Hall–Kier alpha value is -3.80. The first-order chi connectivity index (χ1) is 14.8. The zero-order valence-electron chi connectivity index (χ0n) is 17.5. The second-order valence-electron chi connectivity index (χ2n) is 8.36. The highest BCUT2D eigenvalue weighted by Gasteiger charge is 2.57. The molecule has 5 rings (SSSR count). The molecule has 2 heterocycles. The third-order valence-electron chi connectivity index (χ3n) is 6.36. The number of likely N-dealkylation sites (N-methyl/N-ethyl adjacent to an activating group) is 1. The van der Waals surface area contributed by atoms with Gasteiger partial charge in [-0.3, -0.25) is 10.1 Å². The summed E-state index contributed by atoms with van der Waals surface area (Å²) in [7, 11) is 2.05. The van der Waals surface area contributed by atoms with Crippen molar-refractivity contribution in [3.8, 4) is 17.2 Å². The molecule has 1 spiro atoms. The molecule has 6 nitrogen and oxygen atoms in total. The number of hydrogen-bond acceptors (Lipinski definition) is 5. The van der Waals surface area contributed by atoms with Gasteiger partial charge in [-0.2, -0.15) is 0 Å². The largest absolute Gasteiger partial charge is 0.463 e. The van der Waals surface area contributed by atoms with E-state index < -0.39 is 10.6 Å². The Morgan fingerprint density at radius 1 is 1.03 bits per heavy atom. The Kier molecular flexibility index (Phi) is 4.09. The second kappa shape index (κ2) is 6.60. The summed E-state index contributed by atoms with van der Waals surface area (Å²) in [5.74, 6) is 1.46. The summed E-state index contributed by atoms with van der Waals surface area (Å²) in [5, 5.41) is 11.3. The van der Waals surface area contributed by atoms with E-state index in [-0.39, 0.29) is 16.9 Å². The zero-order chi connectivity index (χ0) is 21.8. The van der Waals surface area contributed by atoms with Gasteiger partial charge >= 0.3 is 5.69 Å². The topological polar surface area (TPSA) is 64.8 Å². The van der Waals surface area contributed by atoms with Gasteiger partial charge in [-0.05, 0) is 61.9 Å². The van der Waals surface area contributed by atoms with Gasteiger partial charge in [0.05, 0.1) is 10.3 Å².